The zero-order valence-corrected chi connectivity index (χ0v) is 16.6. The lowest BCUT2D eigenvalue weighted by molar-refractivity contribution is -0.146. The van der Waals surface area contributed by atoms with Crippen LogP contribution >= 0.6 is 0 Å². The van der Waals surface area contributed by atoms with E-state index >= 15 is 0 Å². The van der Waals surface area contributed by atoms with Gasteiger partial charge in [0, 0.05) is 12.2 Å². The molecule has 0 aliphatic carbocycles. The molecule has 2 aliphatic heterocycles. The van der Waals surface area contributed by atoms with Gasteiger partial charge in [-0.15, -0.1) is 0 Å². The maximum Gasteiger partial charge on any atom is 0.411 e. The molecule has 1 N–H and O–H groups in total. The second-order valence-corrected chi connectivity index (χ2v) is 8.07. The molecule has 3 rings (SSSR count). The van der Waals surface area contributed by atoms with Gasteiger partial charge in [-0.25, -0.2) is 9.59 Å². The van der Waals surface area contributed by atoms with Crippen molar-refractivity contribution in [2.75, 3.05) is 18.6 Å². The van der Waals surface area contributed by atoms with Crippen LogP contribution in [0, 0.1) is 0 Å². The molecule has 152 valence electrons. The predicted molar refractivity (Wildman–Crippen MR) is 101 cm³/mol. The van der Waals surface area contributed by atoms with Gasteiger partial charge in [-0.05, 0) is 63.8 Å². The highest BCUT2D eigenvalue weighted by atomic mass is 16.6. The lowest BCUT2D eigenvalue weighted by Gasteiger charge is -2.32. The number of likely N-dealkylation sites (tertiary alicyclic amines) is 1. The lowest BCUT2D eigenvalue weighted by atomic mass is 10.1. The van der Waals surface area contributed by atoms with Gasteiger partial charge < -0.3 is 19.5 Å². The molecule has 8 nitrogen and oxygen atoms in total. The van der Waals surface area contributed by atoms with Crippen molar-refractivity contribution in [1.82, 2.24) is 4.90 Å². The Kier molecular flexibility index (Phi) is 5.23. The molecule has 1 saturated heterocycles. The smallest absolute Gasteiger partial charge is 0.411 e. The van der Waals surface area contributed by atoms with Crippen LogP contribution in [-0.4, -0.2) is 59.3 Å². The van der Waals surface area contributed by atoms with E-state index in [4.69, 9.17) is 9.47 Å². The van der Waals surface area contributed by atoms with Gasteiger partial charge in [0.2, 0.25) is 5.91 Å². The molecule has 0 unspecified atom stereocenters. The van der Waals surface area contributed by atoms with E-state index in [-0.39, 0.29) is 11.7 Å². The SMILES string of the molecule is COC(=O)[C@@H]1CC[C@@H](C(=O)N2CCc3cc(O)ccc32)N1C(=O)OC(C)(C)C. The molecule has 0 radical (unpaired) electrons. The van der Waals surface area contributed by atoms with Gasteiger partial charge in [-0.1, -0.05) is 0 Å². The molecule has 2 heterocycles. The van der Waals surface area contributed by atoms with Crippen LogP contribution in [0.15, 0.2) is 18.2 Å². The molecule has 2 atom stereocenters. The zero-order valence-electron chi connectivity index (χ0n) is 16.6. The molecule has 1 aromatic carbocycles. The van der Waals surface area contributed by atoms with Crippen molar-refractivity contribution in [2.45, 2.75) is 57.7 Å². The standard InChI is InChI=1S/C20H26N2O6/c1-20(2,3)28-19(26)22-15(7-8-16(22)18(25)27-4)17(24)21-10-9-12-11-13(23)5-6-14(12)21/h5-6,11,15-16,23H,7-10H2,1-4H3/t15-,16-/m0/s1. The number of hydrogen-bond acceptors (Lipinski definition) is 6. The largest absolute Gasteiger partial charge is 0.508 e. The number of methoxy groups -OCH3 is 1. The van der Waals surface area contributed by atoms with Crippen molar-refractivity contribution < 1.29 is 29.0 Å². The number of rotatable bonds is 2. The summed E-state index contributed by atoms with van der Waals surface area (Å²) in [5.41, 5.74) is 0.833. The number of phenolic OH excluding ortho intramolecular Hbond substituents is 1. The maximum atomic E-state index is 13.3. The van der Waals surface area contributed by atoms with Gasteiger partial charge in [0.1, 0.15) is 23.4 Å². The van der Waals surface area contributed by atoms with Gasteiger partial charge >= 0.3 is 12.1 Å². The van der Waals surface area contributed by atoms with E-state index in [0.29, 0.717) is 31.5 Å². The number of anilines is 1. The molecule has 0 spiro atoms. The van der Waals surface area contributed by atoms with Crippen molar-refractivity contribution >= 4 is 23.7 Å². The minimum Gasteiger partial charge on any atom is -0.508 e. The summed E-state index contributed by atoms with van der Waals surface area (Å²) >= 11 is 0. The molecule has 2 aliphatic rings. The van der Waals surface area contributed by atoms with Gasteiger partial charge in [-0.3, -0.25) is 9.69 Å². The van der Waals surface area contributed by atoms with E-state index in [1.165, 1.54) is 18.1 Å². The zero-order chi connectivity index (χ0) is 20.6. The second kappa shape index (κ2) is 7.33. The van der Waals surface area contributed by atoms with Crippen LogP contribution in [0.25, 0.3) is 0 Å². The van der Waals surface area contributed by atoms with Crippen molar-refractivity contribution in [1.29, 1.82) is 0 Å². The highest BCUT2D eigenvalue weighted by Gasteiger charge is 2.48. The summed E-state index contributed by atoms with van der Waals surface area (Å²) in [7, 11) is 1.26. The van der Waals surface area contributed by atoms with E-state index in [9.17, 15) is 19.5 Å². The first-order valence-corrected chi connectivity index (χ1v) is 9.35. The van der Waals surface area contributed by atoms with Crippen LogP contribution in [0.5, 0.6) is 5.75 Å². The highest BCUT2D eigenvalue weighted by molar-refractivity contribution is 6.01. The summed E-state index contributed by atoms with van der Waals surface area (Å²) in [5.74, 6) is -0.676. The third-order valence-corrected chi connectivity index (χ3v) is 4.97. The fraction of sp³-hybridized carbons (Fsp3) is 0.550. The monoisotopic (exact) mass is 390 g/mol. The number of carbonyl (C=O) groups is 3. The van der Waals surface area contributed by atoms with Crippen LogP contribution in [0.4, 0.5) is 10.5 Å². The third kappa shape index (κ3) is 3.76. The Morgan fingerprint density at radius 3 is 2.46 bits per heavy atom. The number of aromatic hydroxyl groups is 1. The summed E-state index contributed by atoms with van der Waals surface area (Å²) in [4.78, 5) is 41.1. The summed E-state index contributed by atoms with van der Waals surface area (Å²) in [5, 5.41) is 9.65. The first kappa shape index (κ1) is 20.0. The minimum atomic E-state index is -0.851. The van der Waals surface area contributed by atoms with Crippen molar-refractivity contribution in [3.8, 4) is 5.75 Å². The van der Waals surface area contributed by atoms with Crippen LogP contribution in [-0.2, 0) is 25.5 Å². The number of esters is 1. The maximum absolute atomic E-state index is 13.3. The molecule has 0 saturated carbocycles. The van der Waals surface area contributed by atoms with Crippen LogP contribution < -0.4 is 4.90 Å². The topological polar surface area (TPSA) is 96.4 Å². The Bertz CT molecular complexity index is 800. The first-order chi connectivity index (χ1) is 13.1. The number of nitrogens with zero attached hydrogens (tertiary/aromatic N) is 2. The predicted octanol–water partition coefficient (Wildman–Crippen LogP) is 2.22. The Morgan fingerprint density at radius 2 is 1.82 bits per heavy atom. The fourth-order valence-corrected chi connectivity index (χ4v) is 3.79. The lowest BCUT2D eigenvalue weighted by Crippen LogP contribution is -2.53. The highest BCUT2D eigenvalue weighted by Crippen LogP contribution is 2.35. The molecule has 0 aromatic heterocycles. The molecular formula is C20H26N2O6. The molecule has 0 bridgehead atoms. The Labute approximate surface area is 164 Å². The van der Waals surface area contributed by atoms with E-state index in [1.807, 2.05) is 0 Å². The van der Waals surface area contributed by atoms with E-state index < -0.39 is 29.7 Å². The number of phenols is 1. The average molecular weight is 390 g/mol. The minimum absolute atomic E-state index is 0.148. The first-order valence-electron chi connectivity index (χ1n) is 9.35. The van der Waals surface area contributed by atoms with E-state index in [1.54, 1.807) is 37.8 Å². The summed E-state index contributed by atoms with van der Waals surface area (Å²) < 4.78 is 10.3. The number of fused-ring (bicyclic) bond motifs is 1. The van der Waals surface area contributed by atoms with Gasteiger partial charge in [-0.2, -0.15) is 0 Å². The number of ether oxygens (including phenoxy) is 2. The van der Waals surface area contributed by atoms with E-state index in [2.05, 4.69) is 0 Å². The second-order valence-electron chi connectivity index (χ2n) is 8.07. The van der Waals surface area contributed by atoms with Crippen LogP contribution in [0.2, 0.25) is 0 Å². The average Bonchev–Trinajstić information content (AvgIpc) is 3.22. The normalized spacial score (nSPS) is 21.4. The van der Waals surface area contributed by atoms with Gasteiger partial charge in [0.15, 0.2) is 0 Å². The van der Waals surface area contributed by atoms with Crippen LogP contribution in [0.3, 0.4) is 0 Å². The van der Waals surface area contributed by atoms with Crippen molar-refractivity contribution in [3.05, 3.63) is 23.8 Å². The quantitative estimate of drug-likeness (QED) is 0.778. The number of amides is 2. The number of benzene rings is 1. The summed E-state index contributed by atoms with van der Waals surface area (Å²) in [6.07, 6.45) is 0.596. The third-order valence-electron chi connectivity index (χ3n) is 4.97. The number of hydrogen-bond donors (Lipinski definition) is 1. The molecule has 8 heteroatoms. The molecule has 1 fully saturated rings. The summed E-state index contributed by atoms with van der Waals surface area (Å²) in [6.45, 7) is 5.65. The Hall–Kier alpha value is -2.77. The molecule has 1 aromatic rings. The molecule has 2 amide bonds. The molecule has 28 heavy (non-hydrogen) atoms. The van der Waals surface area contributed by atoms with Crippen molar-refractivity contribution in [2.24, 2.45) is 0 Å². The Morgan fingerprint density at radius 1 is 1.14 bits per heavy atom. The Balaban J connectivity index is 1.88. The van der Waals surface area contributed by atoms with Gasteiger partial charge in [0.05, 0.1) is 7.11 Å². The van der Waals surface area contributed by atoms with Gasteiger partial charge in [0.25, 0.3) is 0 Å². The fourth-order valence-electron chi connectivity index (χ4n) is 3.79. The summed E-state index contributed by atoms with van der Waals surface area (Å²) in [6, 6.07) is 3.21. The van der Waals surface area contributed by atoms with E-state index in [0.717, 1.165) is 5.56 Å². The van der Waals surface area contributed by atoms with Crippen LogP contribution in [0.1, 0.15) is 39.2 Å². The number of carbonyl (C=O) groups excluding carboxylic acids is 3. The van der Waals surface area contributed by atoms with Crippen molar-refractivity contribution in [3.63, 3.8) is 0 Å². The molecular weight excluding hydrogens is 364 g/mol.